The lowest BCUT2D eigenvalue weighted by molar-refractivity contribution is 0.0628. The molecular weight excluding hydrogens is 256 g/mol. The molecule has 2 heteroatoms. The van der Waals surface area contributed by atoms with E-state index in [1.165, 1.54) is 71.2 Å². The minimum atomic E-state index is 0.911. The molecule has 118 valence electrons. The molecular formula is C19H32N2. The van der Waals surface area contributed by atoms with Gasteiger partial charge in [-0.15, -0.1) is 0 Å². The van der Waals surface area contributed by atoms with Gasteiger partial charge in [-0.05, 0) is 62.2 Å². The molecule has 0 N–H and O–H groups in total. The van der Waals surface area contributed by atoms with Crippen LogP contribution < -0.4 is 0 Å². The molecule has 0 spiro atoms. The molecule has 2 saturated carbocycles. The highest BCUT2D eigenvalue weighted by molar-refractivity contribution is 5.10. The van der Waals surface area contributed by atoms with Gasteiger partial charge >= 0.3 is 0 Å². The summed E-state index contributed by atoms with van der Waals surface area (Å²) >= 11 is 0. The molecule has 1 aliphatic heterocycles. The normalized spacial score (nSPS) is 44.5. The van der Waals surface area contributed by atoms with E-state index in [-0.39, 0.29) is 0 Å². The summed E-state index contributed by atoms with van der Waals surface area (Å²) in [5.41, 5.74) is 0. The van der Waals surface area contributed by atoms with Gasteiger partial charge in [-0.1, -0.05) is 19.1 Å². The van der Waals surface area contributed by atoms with Gasteiger partial charge in [0, 0.05) is 38.8 Å². The summed E-state index contributed by atoms with van der Waals surface area (Å²) in [4.78, 5) is 5.57. The molecule has 1 saturated heterocycles. The number of nitrogens with zero attached hydrogens (tertiary/aromatic N) is 2. The predicted molar refractivity (Wildman–Crippen MR) is 88.3 cm³/mol. The molecule has 3 aliphatic carbocycles. The molecule has 0 unspecified atom stereocenters. The van der Waals surface area contributed by atoms with Crippen LogP contribution in [-0.2, 0) is 0 Å². The van der Waals surface area contributed by atoms with E-state index < -0.39 is 0 Å². The first kappa shape index (κ1) is 14.3. The molecule has 2 nitrogen and oxygen atoms in total. The SMILES string of the molecule is CC1CCC(N2CCN(C[C@H]3C[C@H]4C=C[C@H]3C4)CC2)CC1. The van der Waals surface area contributed by atoms with Crippen molar-refractivity contribution in [1.82, 2.24) is 9.80 Å². The average Bonchev–Trinajstić information content (AvgIpc) is 3.12. The Labute approximate surface area is 130 Å². The molecule has 3 fully saturated rings. The highest BCUT2D eigenvalue weighted by atomic mass is 15.3. The van der Waals surface area contributed by atoms with Crippen LogP contribution in [0.4, 0.5) is 0 Å². The van der Waals surface area contributed by atoms with Crippen molar-refractivity contribution >= 4 is 0 Å². The van der Waals surface area contributed by atoms with Crippen LogP contribution in [0.5, 0.6) is 0 Å². The number of hydrogen-bond acceptors (Lipinski definition) is 2. The van der Waals surface area contributed by atoms with Crippen LogP contribution in [-0.4, -0.2) is 48.6 Å². The lowest BCUT2D eigenvalue weighted by Gasteiger charge is -2.42. The van der Waals surface area contributed by atoms with E-state index in [0.717, 1.165) is 29.7 Å². The zero-order valence-corrected chi connectivity index (χ0v) is 13.7. The van der Waals surface area contributed by atoms with E-state index in [1.54, 1.807) is 0 Å². The van der Waals surface area contributed by atoms with Crippen LogP contribution >= 0.6 is 0 Å². The number of hydrogen-bond donors (Lipinski definition) is 0. The Hall–Kier alpha value is -0.340. The minimum Gasteiger partial charge on any atom is -0.300 e. The Kier molecular flexibility index (Phi) is 4.10. The number of fused-ring (bicyclic) bond motifs is 2. The van der Waals surface area contributed by atoms with Crippen LogP contribution in [0, 0.1) is 23.7 Å². The summed E-state index contributed by atoms with van der Waals surface area (Å²) in [7, 11) is 0. The topological polar surface area (TPSA) is 6.48 Å². The third kappa shape index (κ3) is 3.07. The van der Waals surface area contributed by atoms with Gasteiger partial charge in [0.15, 0.2) is 0 Å². The second-order valence-corrected chi connectivity index (χ2v) is 8.29. The Bertz CT molecular complexity index is 375. The van der Waals surface area contributed by atoms with Crippen LogP contribution in [0.25, 0.3) is 0 Å². The molecule has 0 radical (unpaired) electrons. The maximum absolute atomic E-state index is 2.81. The van der Waals surface area contributed by atoms with Crippen LogP contribution in [0.2, 0.25) is 0 Å². The van der Waals surface area contributed by atoms with Crippen molar-refractivity contribution in [1.29, 1.82) is 0 Å². The standard InChI is InChI=1S/C19H32N2/c1-15-2-6-19(7-3-15)21-10-8-20(9-11-21)14-18-13-16-4-5-17(18)12-16/h4-5,15-19H,2-3,6-14H2,1H3/t15?,16-,17-,18+,19?/m0/s1. The molecule has 4 aliphatic rings. The second-order valence-electron chi connectivity index (χ2n) is 8.29. The molecule has 3 atom stereocenters. The Morgan fingerprint density at radius 1 is 0.905 bits per heavy atom. The van der Waals surface area contributed by atoms with E-state index in [4.69, 9.17) is 0 Å². The van der Waals surface area contributed by atoms with Gasteiger partial charge in [0.05, 0.1) is 0 Å². The zero-order valence-electron chi connectivity index (χ0n) is 13.7. The minimum absolute atomic E-state index is 0.911. The van der Waals surface area contributed by atoms with Crippen molar-refractivity contribution in [3.05, 3.63) is 12.2 Å². The van der Waals surface area contributed by atoms with Gasteiger partial charge in [0.2, 0.25) is 0 Å². The summed E-state index contributed by atoms with van der Waals surface area (Å²) in [5, 5.41) is 0. The van der Waals surface area contributed by atoms with Crippen molar-refractivity contribution in [2.45, 2.75) is 51.5 Å². The first-order chi connectivity index (χ1) is 10.3. The summed E-state index contributed by atoms with van der Waals surface area (Å²) < 4.78 is 0. The van der Waals surface area contributed by atoms with Gasteiger partial charge in [-0.25, -0.2) is 0 Å². The number of piperazine rings is 1. The fraction of sp³-hybridized carbons (Fsp3) is 0.895. The van der Waals surface area contributed by atoms with E-state index in [2.05, 4.69) is 28.9 Å². The highest BCUT2D eigenvalue weighted by Crippen LogP contribution is 2.43. The fourth-order valence-electron chi connectivity index (χ4n) is 5.35. The van der Waals surface area contributed by atoms with E-state index in [1.807, 2.05) is 0 Å². The molecule has 21 heavy (non-hydrogen) atoms. The molecule has 0 aromatic rings. The monoisotopic (exact) mass is 288 g/mol. The zero-order chi connectivity index (χ0) is 14.2. The van der Waals surface area contributed by atoms with Gasteiger partial charge in [0.1, 0.15) is 0 Å². The molecule has 2 bridgehead atoms. The summed E-state index contributed by atoms with van der Waals surface area (Å²) in [5.74, 6) is 3.81. The third-order valence-electron chi connectivity index (χ3n) is 6.82. The lowest BCUT2D eigenvalue weighted by Crippen LogP contribution is -2.52. The Morgan fingerprint density at radius 2 is 1.67 bits per heavy atom. The number of rotatable bonds is 3. The van der Waals surface area contributed by atoms with Crippen molar-refractivity contribution in [2.75, 3.05) is 32.7 Å². The average molecular weight is 288 g/mol. The molecule has 4 rings (SSSR count). The van der Waals surface area contributed by atoms with Crippen molar-refractivity contribution in [3.8, 4) is 0 Å². The summed E-state index contributed by atoms with van der Waals surface area (Å²) in [6.45, 7) is 9.11. The van der Waals surface area contributed by atoms with Gasteiger partial charge in [-0.2, -0.15) is 0 Å². The van der Waals surface area contributed by atoms with E-state index >= 15 is 0 Å². The maximum Gasteiger partial charge on any atom is 0.0113 e. The largest absolute Gasteiger partial charge is 0.300 e. The Balaban J connectivity index is 1.23. The van der Waals surface area contributed by atoms with Gasteiger partial charge in [-0.3, -0.25) is 4.90 Å². The van der Waals surface area contributed by atoms with E-state index in [0.29, 0.717) is 0 Å². The smallest absolute Gasteiger partial charge is 0.0113 e. The first-order valence-electron chi connectivity index (χ1n) is 9.42. The summed E-state index contributed by atoms with van der Waals surface area (Å²) in [6, 6.07) is 0.911. The molecule has 0 aromatic carbocycles. The predicted octanol–water partition coefficient (Wildman–Crippen LogP) is 3.39. The summed E-state index contributed by atoms with van der Waals surface area (Å²) in [6.07, 6.45) is 13.8. The quantitative estimate of drug-likeness (QED) is 0.735. The highest BCUT2D eigenvalue weighted by Gasteiger charge is 2.37. The van der Waals surface area contributed by atoms with Crippen molar-refractivity contribution < 1.29 is 0 Å². The lowest BCUT2D eigenvalue weighted by atomic mass is 9.86. The van der Waals surface area contributed by atoms with Crippen LogP contribution in [0.15, 0.2) is 12.2 Å². The molecule has 0 amide bonds. The number of allylic oxidation sites excluding steroid dienone is 2. The van der Waals surface area contributed by atoms with E-state index in [9.17, 15) is 0 Å². The van der Waals surface area contributed by atoms with Crippen LogP contribution in [0.1, 0.15) is 45.4 Å². The van der Waals surface area contributed by atoms with Crippen molar-refractivity contribution in [2.24, 2.45) is 23.7 Å². The molecule has 0 aromatic heterocycles. The molecule has 1 heterocycles. The third-order valence-corrected chi connectivity index (χ3v) is 6.82. The van der Waals surface area contributed by atoms with Crippen LogP contribution in [0.3, 0.4) is 0 Å². The Morgan fingerprint density at radius 3 is 2.29 bits per heavy atom. The maximum atomic E-state index is 2.81. The fourth-order valence-corrected chi connectivity index (χ4v) is 5.35. The second kappa shape index (κ2) is 6.04. The van der Waals surface area contributed by atoms with Gasteiger partial charge in [0.25, 0.3) is 0 Å². The first-order valence-corrected chi connectivity index (χ1v) is 9.42. The van der Waals surface area contributed by atoms with Crippen molar-refractivity contribution in [3.63, 3.8) is 0 Å². The van der Waals surface area contributed by atoms with Gasteiger partial charge < -0.3 is 4.90 Å².